The normalized spacial score (nSPS) is 20.5. The number of carbonyl (C=O) groups is 2. The lowest BCUT2D eigenvalue weighted by Crippen LogP contribution is -2.38. The Kier molecular flexibility index (Phi) is 5.33. The second-order valence-corrected chi connectivity index (χ2v) is 8.90. The first-order chi connectivity index (χ1) is 14.4. The van der Waals surface area contributed by atoms with Gasteiger partial charge in [0, 0.05) is 29.3 Å². The number of rotatable bonds is 4. The van der Waals surface area contributed by atoms with Crippen LogP contribution in [-0.2, 0) is 20.9 Å². The number of dihydropyridines is 1. The van der Waals surface area contributed by atoms with E-state index >= 15 is 0 Å². The van der Waals surface area contributed by atoms with E-state index < -0.39 is 5.92 Å². The maximum absolute atomic E-state index is 13.2. The van der Waals surface area contributed by atoms with Gasteiger partial charge in [0.25, 0.3) is 0 Å². The molecule has 1 aliphatic carbocycles. The molecule has 30 heavy (non-hydrogen) atoms. The van der Waals surface area contributed by atoms with E-state index in [0.717, 1.165) is 28.9 Å². The highest BCUT2D eigenvalue weighted by atomic mass is 16.5. The highest BCUT2D eigenvalue weighted by Crippen LogP contribution is 2.46. The van der Waals surface area contributed by atoms with Crippen LogP contribution in [0.5, 0.6) is 0 Å². The van der Waals surface area contributed by atoms with Crippen molar-refractivity contribution in [1.82, 2.24) is 5.32 Å². The van der Waals surface area contributed by atoms with E-state index in [2.05, 4.69) is 19.2 Å². The molecule has 0 saturated heterocycles. The monoisotopic (exact) mass is 401 g/mol. The van der Waals surface area contributed by atoms with Gasteiger partial charge < -0.3 is 10.1 Å². The predicted octanol–water partition coefficient (Wildman–Crippen LogP) is 5.03. The van der Waals surface area contributed by atoms with Crippen molar-refractivity contribution in [3.8, 4) is 0 Å². The third-order valence-corrected chi connectivity index (χ3v) is 5.81. The molecule has 154 valence electrons. The second kappa shape index (κ2) is 7.94. The molecular weight excluding hydrogens is 374 g/mol. The quantitative estimate of drug-likeness (QED) is 0.730. The lowest BCUT2D eigenvalue weighted by molar-refractivity contribution is -0.140. The Morgan fingerprint density at radius 1 is 1.03 bits per heavy atom. The number of esters is 1. The zero-order chi connectivity index (χ0) is 21.3. The first kappa shape index (κ1) is 20.1. The SMILES string of the molecule is CC1=C(C(=O)OCc2ccccc2)[C@H](c2ccccc2)C2=C(CC(C)(C)CC2=O)N1. The van der Waals surface area contributed by atoms with Crippen LogP contribution in [0, 0.1) is 5.41 Å². The minimum absolute atomic E-state index is 0.100. The van der Waals surface area contributed by atoms with Gasteiger partial charge in [-0.25, -0.2) is 4.79 Å². The third-order valence-electron chi connectivity index (χ3n) is 5.81. The standard InChI is InChI=1S/C26H27NO3/c1-17-22(25(29)30-16-18-10-6-4-7-11-18)23(19-12-8-5-9-13-19)24-20(27-17)14-26(2,3)15-21(24)28/h4-13,23,27H,14-16H2,1-3H3/t23-/m0/s1. The molecular formula is C26H27NO3. The molecule has 4 nitrogen and oxygen atoms in total. The Balaban J connectivity index is 1.72. The average molecular weight is 402 g/mol. The number of Topliss-reactive ketones (excluding diaryl/α,β-unsaturated/α-hetero) is 1. The molecule has 0 unspecified atom stereocenters. The molecule has 0 spiro atoms. The topological polar surface area (TPSA) is 55.4 Å². The fourth-order valence-corrected chi connectivity index (χ4v) is 4.49. The smallest absolute Gasteiger partial charge is 0.337 e. The lowest BCUT2D eigenvalue weighted by atomic mass is 9.68. The minimum Gasteiger partial charge on any atom is -0.457 e. The summed E-state index contributed by atoms with van der Waals surface area (Å²) in [5.74, 6) is -0.695. The summed E-state index contributed by atoms with van der Waals surface area (Å²) in [6, 6.07) is 19.4. The molecule has 1 heterocycles. The van der Waals surface area contributed by atoms with Gasteiger partial charge in [0.15, 0.2) is 5.78 Å². The number of ketones is 1. The minimum atomic E-state index is -0.408. The number of benzene rings is 2. The summed E-state index contributed by atoms with van der Waals surface area (Å²) < 4.78 is 5.67. The summed E-state index contributed by atoms with van der Waals surface area (Å²) in [6.45, 7) is 6.31. The summed E-state index contributed by atoms with van der Waals surface area (Å²) in [4.78, 5) is 26.4. The molecule has 0 amide bonds. The zero-order valence-corrected chi connectivity index (χ0v) is 17.7. The Labute approximate surface area is 177 Å². The number of carbonyl (C=O) groups excluding carboxylic acids is 2. The fourth-order valence-electron chi connectivity index (χ4n) is 4.49. The average Bonchev–Trinajstić information content (AvgIpc) is 2.71. The zero-order valence-electron chi connectivity index (χ0n) is 17.7. The van der Waals surface area contributed by atoms with E-state index in [1.807, 2.05) is 67.6 Å². The van der Waals surface area contributed by atoms with E-state index in [0.29, 0.717) is 17.6 Å². The van der Waals surface area contributed by atoms with Crippen LogP contribution in [-0.4, -0.2) is 11.8 Å². The van der Waals surface area contributed by atoms with Gasteiger partial charge in [-0.1, -0.05) is 74.5 Å². The Morgan fingerprint density at radius 3 is 2.33 bits per heavy atom. The number of nitrogens with one attached hydrogen (secondary N) is 1. The number of hydrogen-bond donors (Lipinski definition) is 1. The molecule has 1 N–H and O–H groups in total. The van der Waals surface area contributed by atoms with Crippen LogP contribution >= 0.6 is 0 Å². The summed E-state index contributed by atoms with van der Waals surface area (Å²) >= 11 is 0. The van der Waals surface area contributed by atoms with Crippen molar-refractivity contribution in [3.05, 3.63) is 94.3 Å². The summed E-state index contributed by atoms with van der Waals surface area (Å²) in [5, 5.41) is 3.37. The molecule has 4 heteroatoms. The third kappa shape index (κ3) is 3.95. The van der Waals surface area contributed by atoms with Gasteiger partial charge in [-0.3, -0.25) is 4.79 Å². The van der Waals surface area contributed by atoms with Crippen LogP contribution in [0.25, 0.3) is 0 Å². The molecule has 0 fully saturated rings. The number of hydrogen-bond acceptors (Lipinski definition) is 4. The maximum Gasteiger partial charge on any atom is 0.337 e. The Hall–Kier alpha value is -3.14. The van der Waals surface area contributed by atoms with Crippen LogP contribution < -0.4 is 5.32 Å². The van der Waals surface area contributed by atoms with E-state index in [-0.39, 0.29) is 23.8 Å². The van der Waals surface area contributed by atoms with E-state index in [1.54, 1.807) is 0 Å². The molecule has 2 aromatic rings. The van der Waals surface area contributed by atoms with Gasteiger partial charge in [0.05, 0.1) is 5.57 Å². The fraction of sp³-hybridized carbons (Fsp3) is 0.308. The molecule has 0 bridgehead atoms. The van der Waals surface area contributed by atoms with Crippen molar-refractivity contribution in [2.75, 3.05) is 0 Å². The molecule has 1 aliphatic heterocycles. The second-order valence-electron chi connectivity index (χ2n) is 8.90. The van der Waals surface area contributed by atoms with Crippen molar-refractivity contribution in [2.45, 2.75) is 46.1 Å². The molecule has 0 radical (unpaired) electrons. The Morgan fingerprint density at radius 2 is 1.67 bits per heavy atom. The van der Waals surface area contributed by atoms with Crippen molar-refractivity contribution in [2.24, 2.45) is 5.41 Å². The van der Waals surface area contributed by atoms with Gasteiger partial charge in [0.1, 0.15) is 6.61 Å². The van der Waals surface area contributed by atoms with Crippen LogP contribution in [0.1, 0.15) is 50.7 Å². The number of ether oxygens (including phenoxy) is 1. The van der Waals surface area contributed by atoms with Crippen molar-refractivity contribution < 1.29 is 14.3 Å². The van der Waals surface area contributed by atoms with E-state index in [1.165, 1.54) is 0 Å². The first-order valence-electron chi connectivity index (χ1n) is 10.4. The summed E-state index contributed by atoms with van der Waals surface area (Å²) in [7, 11) is 0. The van der Waals surface area contributed by atoms with Gasteiger partial charge >= 0.3 is 5.97 Å². The largest absolute Gasteiger partial charge is 0.457 e. The van der Waals surface area contributed by atoms with E-state index in [4.69, 9.17) is 4.74 Å². The van der Waals surface area contributed by atoms with Crippen molar-refractivity contribution in [1.29, 1.82) is 0 Å². The van der Waals surface area contributed by atoms with Gasteiger partial charge in [0.2, 0.25) is 0 Å². The highest BCUT2D eigenvalue weighted by Gasteiger charge is 2.43. The van der Waals surface area contributed by atoms with Crippen LogP contribution in [0.15, 0.2) is 83.2 Å². The highest BCUT2D eigenvalue weighted by molar-refractivity contribution is 6.04. The molecule has 0 saturated carbocycles. The predicted molar refractivity (Wildman–Crippen MR) is 116 cm³/mol. The molecule has 4 rings (SSSR count). The van der Waals surface area contributed by atoms with Crippen molar-refractivity contribution in [3.63, 3.8) is 0 Å². The molecule has 0 aromatic heterocycles. The van der Waals surface area contributed by atoms with E-state index in [9.17, 15) is 9.59 Å². The van der Waals surface area contributed by atoms with Crippen molar-refractivity contribution >= 4 is 11.8 Å². The Bertz CT molecular complexity index is 1030. The summed E-state index contributed by atoms with van der Waals surface area (Å²) in [6.07, 6.45) is 1.25. The van der Waals surface area contributed by atoms with Crippen LogP contribution in [0.3, 0.4) is 0 Å². The van der Waals surface area contributed by atoms with Gasteiger partial charge in [-0.05, 0) is 29.9 Å². The first-order valence-corrected chi connectivity index (χ1v) is 10.4. The molecule has 2 aliphatic rings. The summed E-state index contributed by atoms with van der Waals surface area (Å²) in [5.41, 5.74) is 4.68. The number of allylic oxidation sites excluding steroid dienone is 3. The maximum atomic E-state index is 13.2. The van der Waals surface area contributed by atoms with Crippen LogP contribution in [0.2, 0.25) is 0 Å². The molecule has 1 atom stereocenters. The lowest BCUT2D eigenvalue weighted by Gasteiger charge is -2.39. The van der Waals surface area contributed by atoms with Gasteiger partial charge in [-0.2, -0.15) is 0 Å². The van der Waals surface area contributed by atoms with Crippen LogP contribution in [0.4, 0.5) is 0 Å². The molecule has 2 aromatic carbocycles. The van der Waals surface area contributed by atoms with Gasteiger partial charge in [-0.15, -0.1) is 0 Å².